The van der Waals surface area contributed by atoms with Gasteiger partial charge in [0.15, 0.2) is 4.77 Å². The molecule has 0 fully saturated rings. The molecule has 0 radical (unpaired) electrons. The van der Waals surface area contributed by atoms with Crippen LogP contribution in [-0.2, 0) is 13.0 Å². The van der Waals surface area contributed by atoms with Crippen LogP contribution in [0.5, 0.6) is 0 Å². The predicted octanol–water partition coefficient (Wildman–Crippen LogP) is 2.29. The molecule has 1 aromatic heterocycles. The molecule has 0 unspecified atom stereocenters. The normalized spacial score (nSPS) is 14.5. The molecule has 0 amide bonds. The molecule has 1 aromatic carbocycles. The molecule has 3 rings (SSSR count). The van der Waals surface area contributed by atoms with Crippen LogP contribution < -0.4 is 5.43 Å². The lowest BCUT2D eigenvalue weighted by atomic mass is 10.1. The second-order valence-electron chi connectivity index (χ2n) is 3.88. The lowest BCUT2D eigenvalue weighted by molar-refractivity contribution is 0.617. The SMILES string of the molecule is CNn1c(=S)n2c3c(cccc31)CCC2. The number of aromatic nitrogens is 2. The monoisotopic (exact) mass is 219 g/mol. The number of nitrogens with zero attached hydrogens (tertiary/aromatic N) is 2. The van der Waals surface area contributed by atoms with Gasteiger partial charge in [0.1, 0.15) is 0 Å². The van der Waals surface area contributed by atoms with Crippen molar-refractivity contribution in [1.29, 1.82) is 0 Å². The van der Waals surface area contributed by atoms with Gasteiger partial charge in [-0.1, -0.05) is 12.1 Å². The Morgan fingerprint density at radius 1 is 1.40 bits per heavy atom. The molecule has 15 heavy (non-hydrogen) atoms. The number of nitrogens with one attached hydrogen (secondary N) is 1. The Kier molecular flexibility index (Phi) is 1.85. The van der Waals surface area contributed by atoms with Crippen LogP contribution in [-0.4, -0.2) is 16.3 Å². The molecule has 0 bridgehead atoms. The van der Waals surface area contributed by atoms with E-state index in [-0.39, 0.29) is 0 Å². The van der Waals surface area contributed by atoms with Crippen LogP contribution in [0.2, 0.25) is 0 Å². The molecular formula is C11H13N3S. The molecule has 0 saturated heterocycles. The third kappa shape index (κ3) is 1.08. The number of benzene rings is 1. The summed E-state index contributed by atoms with van der Waals surface area (Å²) in [7, 11) is 1.91. The van der Waals surface area contributed by atoms with Gasteiger partial charge in [0.25, 0.3) is 0 Å². The van der Waals surface area contributed by atoms with E-state index in [1.165, 1.54) is 29.4 Å². The summed E-state index contributed by atoms with van der Waals surface area (Å²) in [4.78, 5) is 0. The zero-order valence-corrected chi connectivity index (χ0v) is 9.47. The van der Waals surface area contributed by atoms with E-state index >= 15 is 0 Å². The van der Waals surface area contributed by atoms with Gasteiger partial charge in [0.2, 0.25) is 0 Å². The largest absolute Gasteiger partial charge is 0.326 e. The highest BCUT2D eigenvalue weighted by Crippen LogP contribution is 2.26. The zero-order chi connectivity index (χ0) is 10.4. The fraction of sp³-hybridized carbons (Fsp3) is 0.364. The van der Waals surface area contributed by atoms with Gasteiger partial charge in [-0.15, -0.1) is 0 Å². The first-order chi connectivity index (χ1) is 7.33. The van der Waals surface area contributed by atoms with Crippen molar-refractivity contribution in [1.82, 2.24) is 9.24 Å². The standard InChI is InChI=1S/C11H13N3S/c1-12-14-9-6-2-4-8-5-3-7-13(10(8)9)11(14)15/h2,4,6,12H,3,5,7H2,1H3. The average Bonchev–Trinajstić information content (AvgIpc) is 2.55. The highest BCUT2D eigenvalue weighted by Gasteiger charge is 2.16. The Morgan fingerprint density at radius 2 is 2.27 bits per heavy atom. The summed E-state index contributed by atoms with van der Waals surface area (Å²) in [6.07, 6.45) is 2.36. The Balaban J connectivity index is 2.54. The van der Waals surface area contributed by atoms with Crippen molar-refractivity contribution < 1.29 is 0 Å². The zero-order valence-electron chi connectivity index (χ0n) is 8.66. The topological polar surface area (TPSA) is 21.9 Å². The van der Waals surface area contributed by atoms with Gasteiger partial charge in [-0.3, -0.25) is 0 Å². The van der Waals surface area contributed by atoms with Gasteiger partial charge in [-0.05, 0) is 36.7 Å². The molecule has 3 nitrogen and oxygen atoms in total. The molecule has 2 heterocycles. The lowest BCUT2D eigenvalue weighted by Gasteiger charge is -2.13. The minimum Gasteiger partial charge on any atom is -0.326 e. The minimum atomic E-state index is 0.875. The van der Waals surface area contributed by atoms with Crippen molar-refractivity contribution in [2.45, 2.75) is 19.4 Å². The van der Waals surface area contributed by atoms with Crippen molar-refractivity contribution in [3.63, 3.8) is 0 Å². The molecule has 1 aliphatic heterocycles. The first-order valence-corrected chi connectivity index (χ1v) is 5.64. The molecule has 4 heteroatoms. The van der Waals surface area contributed by atoms with Crippen LogP contribution >= 0.6 is 12.2 Å². The number of hydrogen-bond acceptors (Lipinski definition) is 2. The number of hydrogen-bond donors (Lipinski definition) is 1. The molecule has 2 aromatic rings. The van der Waals surface area contributed by atoms with Gasteiger partial charge < -0.3 is 9.99 Å². The highest BCUT2D eigenvalue weighted by atomic mass is 32.1. The lowest BCUT2D eigenvalue weighted by Crippen LogP contribution is -2.10. The van der Waals surface area contributed by atoms with Crippen molar-refractivity contribution >= 4 is 23.3 Å². The molecule has 78 valence electrons. The van der Waals surface area contributed by atoms with Crippen molar-refractivity contribution in [3.05, 3.63) is 28.5 Å². The number of para-hydroxylation sites is 1. The minimum absolute atomic E-state index is 0.875. The first-order valence-electron chi connectivity index (χ1n) is 5.24. The fourth-order valence-electron chi connectivity index (χ4n) is 2.44. The van der Waals surface area contributed by atoms with Gasteiger partial charge in [0, 0.05) is 13.6 Å². The van der Waals surface area contributed by atoms with Gasteiger partial charge >= 0.3 is 0 Å². The number of aryl methyl sites for hydroxylation is 2. The van der Waals surface area contributed by atoms with E-state index in [0.29, 0.717) is 0 Å². The van der Waals surface area contributed by atoms with Crippen molar-refractivity contribution in [3.8, 4) is 0 Å². The second-order valence-corrected chi connectivity index (χ2v) is 4.25. The Bertz CT molecular complexity index is 579. The van der Waals surface area contributed by atoms with Crippen molar-refractivity contribution in [2.75, 3.05) is 12.5 Å². The smallest absolute Gasteiger partial charge is 0.199 e. The third-order valence-corrected chi connectivity index (χ3v) is 3.49. The molecule has 0 spiro atoms. The summed E-state index contributed by atoms with van der Waals surface area (Å²) in [5, 5.41) is 0. The molecule has 0 aliphatic carbocycles. The fourth-order valence-corrected chi connectivity index (χ4v) is 2.81. The predicted molar refractivity (Wildman–Crippen MR) is 64.4 cm³/mol. The van der Waals surface area contributed by atoms with Gasteiger partial charge in [0.05, 0.1) is 11.0 Å². The Hall–Kier alpha value is -1.29. The van der Waals surface area contributed by atoms with E-state index in [0.717, 1.165) is 11.3 Å². The molecule has 1 N–H and O–H groups in total. The summed E-state index contributed by atoms with van der Waals surface area (Å²) < 4.78 is 5.10. The van der Waals surface area contributed by atoms with Gasteiger partial charge in [-0.2, -0.15) is 0 Å². The maximum Gasteiger partial charge on any atom is 0.199 e. The van der Waals surface area contributed by atoms with Crippen LogP contribution in [0.4, 0.5) is 0 Å². The third-order valence-electron chi connectivity index (χ3n) is 3.08. The summed E-state index contributed by atoms with van der Waals surface area (Å²) in [5.41, 5.74) is 7.06. The van der Waals surface area contributed by atoms with Gasteiger partial charge in [-0.25, -0.2) is 4.68 Å². The van der Waals surface area contributed by atoms with Crippen LogP contribution in [0.15, 0.2) is 18.2 Å². The summed E-state index contributed by atoms with van der Waals surface area (Å²) >= 11 is 5.45. The Labute approximate surface area is 93.3 Å². The van der Waals surface area contributed by atoms with Crippen molar-refractivity contribution in [2.24, 2.45) is 0 Å². The molecule has 0 saturated carbocycles. The van der Waals surface area contributed by atoms with E-state index in [2.05, 4.69) is 28.2 Å². The second kappa shape index (κ2) is 3.10. The van der Waals surface area contributed by atoms with E-state index in [9.17, 15) is 0 Å². The Morgan fingerprint density at radius 3 is 3.07 bits per heavy atom. The summed E-state index contributed by atoms with van der Waals surface area (Å²) in [5.74, 6) is 0. The van der Waals surface area contributed by atoms with Crippen LogP contribution in [0.1, 0.15) is 12.0 Å². The molecule has 1 aliphatic rings. The van der Waals surface area contributed by atoms with Crippen LogP contribution in [0.3, 0.4) is 0 Å². The maximum absolute atomic E-state index is 5.45. The van der Waals surface area contributed by atoms with E-state index in [1.54, 1.807) is 0 Å². The van der Waals surface area contributed by atoms with E-state index in [4.69, 9.17) is 12.2 Å². The van der Waals surface area contributed by atoms with Crippen LogP contribution in [0.25, 0.3) is 11.0 Å². The summed E-state index contributed by atoms with van der Waals surface area (Å²) in [6.45, 7) is 1.04. The highest BCUT2D eigenvalue weighted by molar-refractivity contribution is 7.71. The number of rotatable bonds is 1. The van der Waals surface area contributed by atoms with E-state index < -0.39 is 0 Å². The molecule has 0 atom stereocenters. The average molecular weight is 219 g/mol. The number of imidazole rings is 1. The van der Waals surface area contributed by atoms with E-state index in [1.807, 2.05) is 11.7 Å². The van der Waals surface area contributed by atoms with Crippen LogP contribution in [0, 0.1) is 4.77 Å². The first kappa shape index (κ1) is 8.97. The summed E-state index contributed by atoms with van der Waals surface area (Å²) in [6, 6.07) is 6.43. The molecular weight excluding hydrogens is 206 g/mol. The maximum atomic E-state index is 5.45. The quantitative estimate of drug-likeness (QED) is 0.743.